The second-order valence-electron chi connectivity index (χ2n) is 3.90. The van der Waals surface area contributed by atoms with Gasteiger partial charge in [0.25, 0.3) is 0 Å². The molecule has 0 fully saturated rings. The molecule has 2 N–H and O–H groups in total. The Morgan fingerprint density at radius 1 is 1.40 bits per heavy atom. The summed E-state index contributed by atoms with van der Waals surface area (Å²) in [5.74, 6) is -0.631. The molecule has 0 spiro atoms. The van der Waals surface area contributed by atoms with Gasteiger partial charge in [0, 0.05) is 0 Å². The number of sulfonamides is 1. The van der Waals surface area contributed by atoms with E-state index in [-0.39, 0.29) is 5.02 Å². The van der Waals surface area contributed by atoms with E-state index < -0.39 is 28.5 Å². The molecule has 1 atom stereocenters. The Hall–Kier alpha value is -1.33. The average Bonchev–Trinajstić information content (AvgIpc) is 2.36. The van der Waals surface area contributed by atoms with Gasteiger partial charge in [-0.05, 0) is 17.7 Å². The zero-order valence-corrected chi connectivity index (χ0v) is 12.7. The number of amides is 1. The number of nitrogens with one attached hydrogen (secondary N) is 2. The van der Waals surface area contributed by atoms with Crippen molar-refractivity contribution < 1.29 is 13.2 Å². The Balaban J connectivity index is 2.75. The van der Waals surface area contributed by atoms with Crippen molar-refractivity contribution in [3.63, 3.8) is 0 Å². The summed E-state index contributed by atoms with van der Waals surface area (Å²) in [5, 5.41) is 12.0. The Labute approximate surface area is 126 Å². The summed E-state index contributed by atoms with van der Waals surface area (Å²) < 4.78 is 23.7. The first-order valence-electron chi connectivity index (χ1n) is 5.31. The maximum atomic E-state index is 11.5. The van der Waals surface area contributed by atoms with Gasteiger partial charge in [-0.3, -0.25) is 4.79 Å². The monoisotopic (exact) mass is 335 g/mol. The third-order valence-corrected chi connectivity index (χ3v) is 3.61. The van der Waals surface area contributed by atoms with E-state index in [2.05, 4.69) is 5.32 Å². The second kappa shape index (κ2) is 6.90. The van der Waals surface area contributed by atoms with E-state index in [4.69, 9.17) is 28.5 Å². The van der Waals surface area contributed by atoms with Gasteiger partial charge in [-0.1, -0.05) is 29.3 Å². The molecule has 1 rings (SSSR count). The molecular formula is C11H11Cl2N3O3S. The zero-order chi connectivity index (χ0) is 15.3. The highest BCUT2D eigenvalue weighted by Crippen LogP contribution is 2.25. The number of carbonyl (C=O) groups excluding carboxylic acids is 1. The number of rotatable bonds is 5. The van der Waals surface area contributed by atoms with Crippen LogP contribution in [0, 0.1) is 11.3 Å². The van der Waals surface area contributed by atoms with Crippen molar-refractivity contribution in [1.29, 1.82) is 5.26 Å². The summed E-state index contributed by atoms with van der Waals surface area (Å²) in [7, 11) is -3.47. The van der Waals surface area contributed by atoms with Crippen LogP contribution in [0.15, 0.2) is 18.2 Å². The van der Waals surface area contributed by atoms with Gasteiger partial charge in [-0.15, -0.1) is 0 Å². The lowest BCUT2D eigenvalue weighted by atomic mass is 10.1. The van der Waals surface area contributed by atoms with Crippen molar-refractivity contribution in [2.75, 3.05) is 12.8 Å². The lowest BCUT2D eigenvalue weighted by Gasteiger charge is -2.12. The molecule has 0 heterocycles. The Kier molecular flexibility index (Phi) is 5.77. The topological polar surface area (TPSA) is 99.1 Å². The summed E-state index contributed by atoms with van der Waals surface area (Å²) in [6.45, 7) is -0.446. The summed E-state index contributed by atoms with van der Waals surface area (Å²) in [4.78, 5) is 11.5. The molecule has 6 nitrogen and oxygen atoms in total. The van der Waals surface area contributed by atoms with E-state index in [0.29, 0.717) is 10.6 Å². The lowest BCUT2D eigenvalue weighted by Crippen LogP contribution is -2.37. The standard InChI is InChI=1S/C11H11Cl2N3O3S/c1-20(18,19)15-6-11(17)16-10(5-14)7-2-3-8(12)9(13)4-7/h2-4,10,15H,6H2,1H3,(H,16,17)/t10-/m1/s1. The van der Waals surface area contributed by atoms with Crippen molar-refractivity contribution in [2.24, 2.45) is 0 Å². The number of hydrogen-bond acceptors (Lipinski definition) is 4. The first-order chi connectivity index (χ1) is 9.23. The predicted molar refractivity (Wildman–Crippen MR) is 75.8 cm³/mol. The maximum Gasteiger partial charge on any atom is 0.236 e. The fraction of sp³-hybridized carbons (Fsp3) is 0.273. The SMILES string of the molecule is CS(=O)(=O)NCC(=O)N[C@H](C#N)c1ccc(Cl)c(Cl)c1. The van der Waals surface area contributed by atoms with E-state index in [0.717, 1.165) is 6.26 Å². The molecule has 0 aliphatic heterocycles. The third kappa shape index (κ3) is 5.35. The molecule has 0 aromatic heterocycles. The van der Waals surface area contributed by atoms with Gasteiger partial charge in [0.15, 0.2) is 0 Å². The predicted octanol–water partition coefficient (Wildman–Crippen LogP) is 1.22. The molecular weight excluding hydrogens is 325 g/mol. The van der Waals surface area contributed by atoms with E-state index >= 15 is 0 Å². The van der Waals surface area contributed by atoms with Crippen LogP contribution in [0.1, 0.15) is 11.6 Å². The normalized spacial score (nSPS) is 12.5. The Morgan fingerprint density at radius 2 is 2.05 bits per heavy atom. The van der Waals surface area contributed by atoms with Crippen LogP contribution < -0.4 is 10.0 Å². The average molecular weight is 336 g/mol. The fourth-order valence-corrected chi connectivity index (χ4v) is 1.99. The van der Waals surface area contributed by atoms with Crippen LogP contribution in [0.5, 0.6) is 0 Å². The van der Waals surface area contributed by atoms with Crippen molar-refractivity contribution in [3.8, 4) is 6.07 Å². The highest BCUT2D eigenvalue weighted by atomic mass is 35.5. The van der Waals surface area contributed by atoms with Gasteiger partial charge >= 0.3 is 0 Å². The highest BCUT2D eigenvalue weighted by Gasteiger charge is 2.15. The number of halogens is 2. The lowest BCUT2D eigenvalue weighted by molar-refractivity contribution is -0.120. The molecule has 0 unspecified atom stereocenters. The van der Waals surface area contributed by atoms with Crippen LogP contribution in [0.3, 0.4) is 0 Å². The number of nitriles is 1. The molecule has 0 aliphatic rings. The third-order valence-electron chi connectivity index (χ3n) is 2.21. The van der Waals surface area contributed by atoms with Crippen LogP contribution in [0.25, 0.3) is 0 Å². The quantitative estimate of drug-likeness (QED) is 0.845. The summed E-state index contributed by atoms with van der Waals surface area (Å²) >= 11 is 11.6. The van der Waals surface area contributed by atoms with Crippen molar-refractivity contribution in [1.82, 2.24) is 10.0 Å². The molecule has 0 bridgehead atoms. The second-order valence-corrected chi connectivity index (χ2v) is 6.54. The van der Waals surface area contributed by atoms with E-state index in [1.54, 1.807) is 6.07 Å². The minimum Gasteiger partial charge on any atom is -0.335 e. The molecule has 0 radical (unpaired) electrons. The van der Waals surface area contributed by atoms with Crippen LogP contribution in [-0.4, -0.2) is 27.1 Å². The van der Waals surface area contributed by atoms with Gasteiger partial charge in [0.2, 0.25) is 15.9 Å². The first kappa shape index (κ1) is 16.7. The van der Waals surface area contributed by atoms with Crippen molar-refractivity contribution in [3.05, 3.63) is 33.8 Å². The minimum absolute atomic E-state index is 0.257. The molecule has 1 amide bonds. The highest BCUT2D eigenvalue weighted by molar-refractivity contribution is 7.88. The van der Waals surface area contributed by atoms with Crippen LogP contribution in [0.4, 0.5) is 0 Å². The molecule has 0 saturated heterocycles. The van der Waals surface area contributed by atoms with Gasteiger partial charge < -0.3 is 5.32 Å². The Bertz CT molecular complexity index is 655. The summed E-state index contributed by atoms with van der Waals surface area (Å²) in [5.41, 5.74) is 0.453. The van der Waals surface area contributed by atoms with Gasteiger partial charge in [-0.25, -0.2) is 13.1 Å². The van der Waals surface area contributed by atoms with Gasteiger partial charge in [0.05, 0.1) is 28.9 Å². The molecule has 20 heavy (non-hydrogen) atoms. The first-order valence-corrected chi connectivity index (χ1v) is 7.96. The molecule has 1 aromatic rings. The Morgan fingerprint density at radius 3 is 2.55 bits per heavy atom. The smallest absolute Gasteiger partial charge is 0.236 e. The molecule has 1 aromatic carbocycles. The van der Waals surface area contributed by atoms with E-state index in [1.807, 2.05) is 10.8 Å². The summed E-state index contributed by atoms with van der Waals surface area (Å²) in [6, 6.07) is 5.45. The van der Waals surface area contributed by atoms with E-state index in [9.17, 15) is 13.2 Å². The largest absolute Gasteiger partial charge is 0.335 e. The van der Waals surface area contributed by atoms with Crippen molar-refractivity contribution in [2.45, 2.75) is 6.04 Å². The number of nitrogens with zero attached hydrogens (tertiary/aromatic N) is 1. The molecule has 9 heteroatoms. The van der Waals surface area contributed by atoms with Gasteiger partial charge in [-0.2, -0.15) is 5.26 Å². The van der Waals surface area contributed by atoms with Gasteiger partial charge in [0.1, 0.15) is 6.04 Å². The van der Waals surface area contributed by atoms with Crippen LogP contribution >= 0.6 is 23.2 Å². The molecule has 108 valence electrons. The molecule has 0 saturated carbocycles. The van der Waals surface area contributed by atoms with Crippen LogP contribution in [0.2, 0.25) is 10.0 Å². The zero-order valence-electron chi connectivity index (χ0n) is 10.4. The summed E-state index contributed by atoms with van der Waals surface area (Å²) in [6.07, 6.45) is 0.932. The number of hydrogen-bond donors (Lipinski definition) is 2. The van der Waals surface area contributed by atoms with E-state index in [1.165, 1.54) is 12.1 Å². The fourth-order valence-electron chi connectivity index (χ4n) is 1.29. The molecule has 0 aliphatic carbocycles. The maximum absolute atomic E-state index is 11.5. The minimum atomic E-state index is -3.47. The van der Waals surface area contributed by atoms with Crippen molar-refractivity contribution >= 4 is 39.1 Å². The number of carbonyl (C=O) groups is 1. The van der Waals surface area contributed by atoms with Crippen LogP contribution in [-0.2, 0) is 14.8 Å². The number of benzene rings is 1.